The number of Topliss-reactive ketones (excluding diaryl/α,β-unsaturated/α-hetero) is 1. The van der Waals surface area contributed by atoms with Gasteiger partial charge in [0.2, 0.25) is 5.91 Å². The van der Waals surface area contributed by atoms with Gasteiger partial charge in [-0.2, -0.15) is 0 Å². The second-order valence-electron chi connectivity index (χ2n) is 8.30. The Bertz CT molecular complexity index is 940. The molecule has 3 heterocycles. The molecule has 0 aliphatic carbocycles. The van der Waals surface area contributed by atoms with Crippen molar-refractivity contribution < 1.29 is 19.1 Å². The molecule has 2 fully saturated rings. The molecule has 1 aromatic heterocycles. The minimum Gasteiger partial charge on any atom is -0.368 e. The molecule has 0 radical (unpaired) electrons. The number of nitrogens with one attached hydrogen (secondary N) is 1. The molecule has 7 heteroatoms. The average Bonchev–Trinajstić information content (AvgIpc) is 3.45. The molecule has 0 bridgehead atoms. The van der Waals surface area contributed by atoms with Crippen molar-refractivity contribution in [3.63, 3.8) is 0 Å². The van der Waals surface area contributed by atoms with E-state index in [1.165, 1.54) is 11.3 Å². The number of ketones is 1. The summed E-state index contributed by atoms with van der Waals surface area (Å²) in [6, 6.07) is 10.6. The number of amides is 2. The molecule has 6 nitrogen and oxygen atoms in total. The van der Waals surface area contributed by atoms with Gasteiger partial charge in [-0.05, 0) is 41.3 Å². The van der Waals surface area contributed by atoms with E-state index >= 15 is 0 Å². The van der Waals surface area contributed by atoms with Crippen LogP contribution in [-0.4, -0.2) is 53.8 Å². The van der Waals surface area contributed by atoms with E-state index in [9.17, 15) is 14.4 Å². The van der Waals surface area contributed by atoms with Crippen molar-refractivity contribution in [3.8, 4) is 11.1 Å². The normalized spacial score (nSPS) is 21.7. The zero-order valence-corrected chi connectivity index (χ0v) is 18.0. The van der Waals surface area contributed by atoms with Crippen molar-refractivity contribution in [2.24, 2.45) is 5.92 Å². The molecule has 3 atom stereocenters. The van der Waals surface area contributed by atoms with Crippen LogP contribution < -0.4 is 5.32 Å². The first-order valence-electron chi connectivity index (χ1n) is 10.3. The van der Waals surface area contributed by atoms with Gasteiger partial charge in [-0.1, -0.05) is 44.2 Å². The summed E-state index contributed by atoms with van der Waals surface area (Å²) in [5.74, 6) is -0.281. The number of fused-ring (bicyclic) bond motifs is 1. The quantitative estimate of drug-likeness (QED) is 0.770. The molecule has 2 aromatic rings. The van der Waals surface area contributed by atoms with Gasteiger partial charge in [0, 0.05) is 6.54 Å². The van der Waals surface area contributed by atoms with E-state index < -0.39 is 12.1 Å². The van der Waals surface area contributed by atoms with Crippen LogP contribution in [0.1, 0.15) is 36.4 Å². The van der Waals surface area contributed by atoms with Crippen LogP contribution in [-0.2, 0) is 14.3 Å². The Kier molecular flexibility index (Phi) is 6.01. The minimum atomic E-state index is -0.660. The number of likely N-dealkylation sites (tertiary alicyclic amines) is 1. The number of carbonyl (C=O) groups is 3. The van der Waals surface area contributed by atoms with Gasteiger partial charge in [-0.25, -0.2) is 0 Å². The van der Waals surface area contributed by atoms with E-state index in [4.69, 9.17) is 4.74 Å². The summed E-state index contributed by atoms with van der Waals surface area (Å²) < 4.78 is 5.50. The van der Waals surface area contributed by atoms with Gasteiger partial charge < -0.3 is 15.0 Å². The first-order chi connectivity index (χ1) is 14.4. The van der Waals surface area contributed by atoms with Gasteiger partial charge in [0.1, 0.15) is 18.7 Å². The lowest BCUT2D eigenvalue weighted by molar-refractivity contribution is -0.138. The third-order valence-electron chi connectivity index (χ3n) is 5.64. The summed E-state index contributed by atoms with van der Waals surface area (Å²) in [6.45, 7) is 4.59. The Morgan fingerprint density at radius 1 is 1.23 bits per heavy atom. The molecular formula is C23H26N2O4S. The van der Waals surface area contributed by atoms with Crippen molar-refractivity contribution in [1.82, 2.24) is 10.2 Å². The monoisotopic (exact) mass is 426 g/mol. The molecule has 4 rings (SSSR count). The number of hydrogen-bond donors (Lipinski definition) is 1. The zero-order valence-electron chi connectivity index (χ0n) is 17.2. The highest BCUT2D eigenvalue weighted by Gasteiger charge is 2.48. The van der Waals surface area contributed by atoms with Crippen molar-refractivity contribution in [1.29, 1.82) is 0 Å². The molecule has 3 unspecified atom stereocenters. The summed E-state index contributed by atoms with van der Waals surface area (Å²) in [6.07, 6.45) is 0.975. The first kappa shape index (κ1) is 20.8. The molecule has 2 aliphatic heterocycles. The number of rotatable bonds is 6. The molecule has 30 heavy (non-hydrogen) atoms. The van der Waals surface area contributed by atoms with Crippen LogP contribution in [0.2, 0.25) is 0 Å². The average molecular weight is 427 g/mol. The van der Waals surface area contributed by atoms with Crippen LogP contribution in [0.5, 0.6) is 0 Å². The maximum atomic E-state index is 13.3. The molecule has 1 aromatic carbocycles. The van der Waals surface area contributed by atoms with Gasteiger partial charge in [0.05, 0.1) is 11.0 Å². The highest BCUT2D eigenvalue weighted by molar-refractivity contribution is 7.12. The summed E-state index contributed by atoms with van der Waals surface area (Å²) in [7, 11) is 0. The topological polar surface area (TPSA) is 75.7 Å². The number of benzene rings is 1. The van der Waals surface area contributed by atoms with Crippen molar-refractivity contribution >= 4 is 28.9 Å². The second kappa shape index (κ2) is 8.70. The van der Waals surface area contributed by atoms with Crippen LogP contribution in [0.3, 0.4) is 0 Å². The fourth-order valence-corrected chi connectivity index (χ4v) is 5.02. The van der Waals surface area contributed by atoms with Crippen molar-refractivity contribution in [3.05, 3.63) is 46.7 Å². The van der Waals surface area contributed by atoms with Crippen LogP contribution >= 0.6 is 11.3 Å². The lowest BCUT2D eigenvalue weighted by atomic mass is 10.0. The van der Waals surface area contributed by atoms with Crippen molar-refractivity contribution in [2.75, 3.05) is 13.2 Å². The van der Waals surface area contributed by atoms with Gasteiger partial charge >= 0.3 is 0 Å². The molecule has 2 aliphatic rings. The van der Waals surface area contributed by atoms with E-state index in [0.717, 1.165) is 11.1 Å². The van der Waals surface area contributed by atoms with Gasteiger partial charge in [0.25, 0.3) is 5.91 Å². The largest absolute Gasteiger partial charge is 0.368 e. The molecule has 0 saturated carbocycles. The standard InChI is InChI=1S/C23H26N2O4S/c1-14(2)10-17(23(28)25-9-8-19-21(25)18(26)12-29-19)24-22(27)20-11-16(13-30-20)15-6-4-3-5-7-15/h3-7,11,13-14,17,19,21H,8-10,12H2,1-2H3,(H,24,27). The summed E-state index contributed by atoms with van der Waals surface area (Å²) in [4.78, 5) is 40.6. The lowest BCUT2D eigenvalue weighted by Gasteiger charge is -2.28. The maximum Gasteiger partial charge on any atom is 0.262 e. The minimum absolute atomic E-state index is 0.0498. The number of carbonyl (C=O) groups excluding carboxylic acids is 3. The molecular weight excluding hydrogens is 400 g/mol. The van der Waals surface area contributed by atoms with E-state index in [-0.39, 0.29) is 36.2 Å². The van der Waals surface area contributed by atoms with Crippen LogP contribution in [0.15, 0.2) is 41.8 Å². The maximum absolute atomic E-state index is 13.3. The SMILES string of the molecule is CC(C)CC(NC(=O)c1cc(-c2ccccc2)cs1)C(=O)N1CCC2OCC(=O)C21. The zero-order chi connectivity index (χ0) is 21.3. The third-order valence-corrected chi connectivity index (χ3v) is 6.56. The van der Waals surface area contributed by atoms with Gasteiger partial charge in [0.15, 0.2) is 5.78 Å². The van der Waals surface area contributed by atoms with Crippen LogP contribution in [0, 0.1) is 5.92 Å². The van der Waals surface area contributed by atoms with Gasteiger partial charge in [-0.15, -0.1) is 11.3 Å². The van der Waals surface area contributed by atoms with E-state index in [0.29, 0.717) is 24.3 Å². The Hall–Kier alpha value is -2.51. The smallest absolute Gasteiger partial charge is 0.262 e. The number of thiophene rings is 1. The highest BCUT2D eigenvalue weighted by atomic mass is 32.1. The fourth-order valence-electron chi connectivity index (χ4n) is 4.20. The molecule has 1 N–H and O–H groups in total. The van der Waals surface area contributed by atoms with E-state index in [1.807, 2.05) is 55.6 Å². The number of ether oxygens (including phenoxy) is 1. The Labute approximate surface area is 180 Å². The highest BCUT2D eigenvalue weighted by Crippen LogP contribution is 2.29. The van der Waals surface area contributed by atoms with E-state index in [2.05, 4.69) is 5.32 Å². The third kappa shape index (κ3) is 4.18. The van der Waals surface area contributed by atoms with Crippen LogP contribution in [0.25, 0.3) is 11.1 Å². The van der Waals surface area contributed by atoms with E-state index in [1.54, 1.807) is 4.90 Å². The van der Waals surface area contributed by atoms with Crippen LogP contribution in [0.4, 0.5) is 0 Å². The Morgan fingerprint density at radius 2 is 2.00 bits per heavy atom. The summed E-state index contributed by atoms with van der Waals surface area (Å²) in [5.41, 5.74) is 2.03. The molecule has 0 spiro atoms. The predicted octanol–water partition coefficient (Wildman–Crippen LogP) is 3.13. The van der Waals surface area contributed by atoms with Gasteiger partial charge in [-0.3, -0.25) is 14.4 Å². The molecule has 2 amide bonds. The second-order valence-corrected chi connectivity index (χ2v) is 9.21. The molecule has 158 valence electrons. The first-order valence-corrected chi connectivity index (χ1v) is 11.2. The lowest BCUT2D eigenvalue weighted by Crippen LogP contribution is -2.52. The predicted molar refractivity (Wildman–Crippen MR) is 115 cm³/mol. The summed E-state index contributed by atoms with van der Waals surface area (Å²) in [5, 5.41) is 4.88. The molecule has 2 saturated heterocycles. The number of hydrogen-bond acceptors (Lipinski definition) is 5. The Morgan fingerprint density at radius 3 is 2.73 bits per heavy atom. The van der Waals surface area contributed by atoms with Crippen molar-refractivity contribution in [2.45, 2.75) is 44.9 Å². The number of nitrogens with zero attached hydrogens (tertiary/aromatic N) is 1. The summed E-state index contributed by atoms with van der Waals surface area (Å²) >= 11 is 1.36. The fraction of sp³-hybridized carbons (Fsp3) is 0.435. The Balaban J connectivity index is 1.49.